The van der Waals surface area contributed by atoms with Crippen LogP contribution in [0.1, 0.15) is 43.7 Å². The minimum Gasteiger partial charge on any atom is -0.481 e. The molecule has 0 aliphatic heterocycles. The van der Waals surface area contributed by atoms with Crippen LogP contribution in [0.2, 0.25) is 0 Å². The quantitative estimate of drug-likeness (QED) is 0.647. The highest BCUT2D eigenvalue weighted by Gasteiger charge is 2.12. The predicted octanol–water partition coefficient (Wildman–Crippen LogP) is 2.78. The first kappa shape index (κ1) is 16.7. The number of nitrogens with one attached hydrogen (secondary N) is 1. The van der Waals surface area contributed by atoms with Crippen molar-refractivity contribution in [3.8, 4) is 0 Å². The van der Waals surface area contributed by atoms with Crippen molar-refractivity contribution in [3.05, 3.63) is 35.4 Å². The van der Waals surface area contributed by atoms with Gasteiger partial charge in [-0.2, -0.15) is 0 Å². The van der Waals surface area contributed by atoms with Crippen LogP contribution in [0.25, 0.3) is 0 Å². The van der Waals surface area contributed by atoms with Crippen LogP contribution in [-0.2, 0) is 16.1 Å². The Morgan fingerprint density at radius 3 is 2.60 bits per heavy atom. The molecule has 1 aromatic carbocycles. The Bertz CT molecular complexity index is 389. The van der Waals surface area contributed by atoms with Gasteiger partial charge >= 0.3 is 5.97 Å². The Balaban J connectivity index is 2.23. The lowest BCUT2D eigenvalue weighted by molar-refractivity contribution is -0.138. The number of hydrogen-bond acceptors (Lipinski definition) is 3. The molecule has 0 radical (unpaired) electrons. The lowest BCUT2D eigenvalue weighted by Crippen LogP contribution is -2.16. The molecule has 0 bridgehead atoms. The molecular formula is C16H25NO3. The van der Waals surface area contributed by atoms with Crippen LogP contribution in [0.15, 0.2) is 24.3 Å². The molecule has 1 rings (SSSR count). The zero-order valence-electron chi connectivity index (χ0n) is 12.4. The van der Waals surface area contributed by atoms with Crippen molar-refractivity contribution in [1.29, 1.82) is 0 Å². The summed E-state index contributed by atoms with van der Waals surface area (Å²) in [5.41, 5.74) is 2.01. The van der Waals surface area contributed by atoms with Crippen LogP contribution in [0.3, 0.4) is 0 Å². The minimum absolute atomic E-state index is 0.451. The monoisotopic (exact) mass is 279 g/mol. The van der Waals surface area contributed by atoms with Gasteiger partial charge in [0.25, 0.3) is 0 Å². The average Bonchev–Trinajstić information content (AvgIpc) is 2.46. The molecule has 1 aromatic rings. The molecule has 0 heterocycles. The molecule has 2 N–H and O–H groups in total. The van der Waals surface area contributed by atoms with Crippen molar-refractivity contribution >= 4 is 5.97 Å². The fraction of sp³-hybridized carbons (Fsp3) is 0.562. The Hall–Kier alpha value is -1.39. The fourth-order valence-electron chi connectivity index (χ4n) is 1.85. The summed E-state index contributed by atoms with van der Waals surface area (Å²) in [5, 5.41) is 12.3. The van der Waals surface area contributed by atoms with Crippen molar-refractivity contribution in [1.82, 2.24) is 5.32 Å². The molecule has 4 nitrogen and oxygen atoms in total. The van der Waals surface area contributed by atoms with E-state index in [4.69, 9.17) is 9.84 Å². The molecule has 0 aliphatic carbocycles. The Morgan fingerprint density at radius 1 is 1.30 bits per heavy atom. The molecule has 112 valence electrons. The third kappa shape index (κ3) is 6.17. The van der Waals surface area contributed by atoms with Gasteiger partial charge in [0.2, 0.25) is 0 Å². The Kier molecular flexibility index (Phi) is 7.92. The molecular weight excluding hydrogens is 254 g/mol. The van der Waals surface area contributed by atoms with E-state index < -0.39 is 11.9 Å². The van der Waals surface area contributed by atoms with Crippen molar-refractivity contribution in [2.75, 3.05) is 19.8 Å². The van der Waals surface area contributed by atoms with Crippen molar-refractivity contribution < 1.29 is 14.6 Å². The number of carboxylic acid groups (broad SMARTS) is 1. The summed E-state index contributed by atoms with van der Waals surface area (Å²) in [5.74, 6) is -1.24. The molecule has 1 atom stereocenters. The summed E-state index contributed by atoms with van der Waals surface area (Å²) in [6.45, 7) is 7.17. The predicted molar refractivity (Wildman–Crippen MR) is 79.9 cm³/mol. The van der Waals surface area contributed by atoms with Gasteiger partial charge in [-0.1, -0.05) is 31.2 Å². The summed E-state index contributed by atoms with van der Waals surface area (Å²) in [6.07, 6.45) is 2.07. The molecule has 0 aliphatic rings. The van der Waals surface area contributed by atoms with Crippen molar-refractivity contribution in [3.63, 3.8) is 0 Å². The molecule has 20 heavy (non-hydrogen) atoms. The van der Waals surface area contributed by atoms with E-state index in [9.17, 15) is 4.79 Å². The van der Waals surface area contributed by atoms with Crippen LogP contribution >= 0.6 is 0 Å². The first-order valence-corrected chi connectivity index (χ1v) is 7.25. The maximum Gasteiger partial charge on any atom is 0.310 e. The number of carbonyl (C=O) groups is 1. The van der Waals surface area contributed by atoms with Crippen molar-refractivity contribution in [2.24, 2.45) is 0 Å². The third-order valence-corrected chi connectivity index (χ3v) is 3.17. The number of ether oxygens (including phenoxy) is 1. The third-order valence-electron chi connectivity index (χ3n) is 3.17. The van der Waals surface area contributed by atoms with Gasteiger partial charge in [0.05, 0.1) is 5.92 Å². The maximum atomic E-state index is 10.9. The fourth-order valence-corrected chi connectivity index (χ4v) is 1.85. The van der Waals surface area contributed by atoms with Gasteiger partial charge in [-0.15, -0.1) is 0 Å². The van der Waals surface area contributed by atoms with Crippen LogP contribution in [0.4, 0.5) is 0 Å². The summed E-state index contributed by atoms with van der Waals surface area (Å²) in [7, 11) is 0. The first-order chi connectivity index (χ1) is 9.65. The SMILES string of the molecule is CCCOCCCNCc1ccc(C(C)C(=O)O)cc1. The zero-order chi connectivity index (χ0) is 14.8. The summed E-state index contributed by atoms with van der Waals surface area (Å²) in [4.78, 5) is 10.9. The second-order valence-electron chi connectivity index (χ2n) is 4.94. The average molecular weight is 279 g/mol. The topological polar surface area (TPSA) is 58.6 Å². The van der Waals surface area contributed by atoms with E-state index in [0.29, 0.717) is 0 Å². The number of aliphatic carboxylic acids is 1. The molecule has 0 amide bonds. The number of benzene rings is 1. The molecule has 0 saturated carbocycles. The number of hydrogen-bond donors (Lipinski definition) is 2. The van der Waals surface area contributed by atoms with E-state index in [1.807, 2.05) is 24.3 Å². The molecule has 1 unspecified atom stereocenters. The van der Waals surface area contributed by atoms with E-state index in [1.165, 1.54) is 5.56 Å². The molecule has 0 aromatic heterocycles. The van der Waals surface area contributed by atoms with Gasteiger partial charge in [0.1, 0.15) is 0 Å². The number of carboxylic acids is 1. The van der Waals surface area contributed by atoms with Crippen LogP contribution in [0.5, 0.6) is 0 Å². The lowest BCUT2D eigenvalue weighted by Gasteiger charge is -2.09. The molecule has 0 spiro atoms. The highest BCUT2D eigenvalue weighted by Crippen LogP contribution is 2.15. The normalized spacial score (nSPS) is 12.3. The van der Waals surface area contributed by atoms with E-state index in [0.717, 1.165) is 44.7 Å². The van der Waals surface area contributed by atoms with E-state index in [-0.39, 0.29) is 0 Å². The van der Waals surface area contributed by atoms with Gasteiger partial charge < -0.3 is 15.2 Å². The van der Waals surface area contributed by atoms with Gasteiger partial charge in [-0.05, 0) is 37.4 Å². The van der Waals surface area contributed by atoms with Crippen molar-refractivity contribution in [2.45, 2.75) is 39.2 Å². The maximum absolute atomic E-state index is 10.9. The zero-order valence-corrected chi connectivity index (χ0v) is 12.4. The lowest BCUT2D eigenvalue weighted by atomic mass is 10.0. The second-order valence-corrected chi connectivity index (χ2v) is 4.94. The van der Waals surface area contributed by atoms with E-state index in [2.05, 4.69) is 12.2 Å². The van der Waals surface area contributed by atoms with Gasteiger partial charge in [-0.25, -0.2) is 0 Å². The van der Waals surface area contributed by atoms with Crippen LogP contribution in [-0.4, -0.2) is 30.8 Å². The van der Waals surface area contributed by atoms with Crippen LogP contribution in [0, 0.1) is 0 Å². The smallest absolute Gasteiger partial charge is 0.310 e. The van der Waals surface area contributed by atoms with Crippen LogP contribution < -0.4 is 5.32 Å². The van der Waals surface area contributed by atoms with E-state index >= 15 is 0 Å². The highest BCUT2D eigenvalue weighted by atomic mass is 16.5. The van der Waals surface area contributed by atoms with E-state index in [1.54, 1.807) is 6.92 Å². The summed E-state index contributed by atoms with van der Waals surface area (Å²) in [6, 6.07) is 7.74. The van der Waals surface area contributed by atoms with Gasteiger partial charge in [0, 0.05) is 19.8 Å². The summed E-state index contributed by atoms with van der Waals surface area (Å²) >= 11 is 0. The minimum atomic E-state index is -0.789. The largest absolute Gasteiger partial charge is 0.481 e. The second kappa shape index (κ2) is 9.50. The Labute approximate surface area is 121 Å². The number of rotatable bonds is 10. The van der Waals surface area contributed by atoms with Gasteiger partial charge in [-0.3, -0.25) is 4.79 Å². The molecule has 0 fully saturated rings. The first-order valence-electron chi connectivity index (χ1n) is 7.25. The Morgan fingerprint density at radius 2 is 2.00 bits per heavy atom. The summed E-state index contributed by atoms with van der Waals surface area (Å²) < 4.78 is 5.40. The molecule has 4 heteroatoms. The molecule has 0 saturated heterocycles. The van der Waals surface area contributed by atoms with Gasteiger partial charge in [0.15, 0.2) is 0 Å². The standard InChI is InChI=1S/C16H25NO3/c1-3-10-20-11-4-9-17-12-14-5-7-15(8-6-14)13(2)16(18)19/h5-8,13,17H,3-4,9-12H2,1-2H3,(H,18,19). The highest BCUT2D eigenvalue weighted by molar-refractivity contribution is 5.75.